The van der Waals surface area contributed by atoms with E-state index in [0.717, 1.165) is 0 Å². The Morgan fingerprint density at radius 1 is 1.39 bits per heavy atom. The molecule has 1 aliphatic heterocycles. The van der Waals surface area contributed by atoms with Crippen molar-refractivity contribution in [2.45, 2.75) is 45.5 Å². The van der Waals surface area contributed by atoms with Gasteiger partial charge in [-0.15, -0.1) is 0 Å². The molecule has 1 rings (SSSR count). The quantitative estimate of drug-likeness (QED) is 0.837. The highest BCUT2D eigenvalue weighted by atomic mass is 19.4. The summed E-state index contributed by atoms with van der Waals surface area (Å²) in [4.78, 5) is 24.2. The van der Waals surface area contributed by atoms with Crippen LogP contribution in [0.25, 0.3) is 0 Å². The molecule has 1 aliphatic rings. The average molecular weight is 266 g/mol. The molecule has 3 unspecified atom stereocenters. The minimum atomic E-state index is -4.50. The Morgan fingerprint density at radius 3 is 2.39 bits per heavy atom. The van der Waals surface area contributed by atoms with Gasteiger partial charge in [0, 0.05) is 0 Å². The monoisotopic (exact) mass is 266 g/mol. The van der Waals surface area contributed by atoms with E-state index in [1.54, 1.807) is 13.8 Å². The number of carbonyl (C=O) groups is 2. The Labute approximate surface area is 104 Å². The Kier molecular flexibility index (Phi) is 4.24. The van der Waals surface area contributed by atoms with Crippen molar-refractivity contribution in [3.05, 3.63) is 0 Å². The molecular formula is C11H17F3N2O2. The van der Waals surface area contributed by atoms with Gasteiger partial charge in [-0.2, -0.15) is 13.2 Å². The number of rotatable bonds is 3. The van der Waals surface area contributed by atoms with Crippen molar-refractivity contribution in [3.8, 4) is 0 Å². The van der Waals surface area contributed by atoms with Gasteiger partial charge in [-0.3, -0.25) is 9.59 Å². The van der Waals surface area contributed by atoms with Crippen LogP contribution in [0.3, 0.4) is 0 Å². The maximum Gasteiger partial charge on any atom is 0.406 e. The Hall–Kier alpha value is -1.27. The minimum absolute atomic E-state index is 0.316. The molecule has 0 aromatic carbocycles. The number of nitrogens with one attached hydrogen (secondary N) is 1. The first-order chi connectivity index (χ1) is 8.17. The van der Waals surface area contributed by atoms with Gasteiger partial charge in [0.1, 0.15) is 18.6 Å². The summed E-state index contributed by atoms with van der Waals surface area (Å²) in [5, 5.41) is 2.41. The number of halogens is 3. The molecule has 0 saturated carbocycles. The van der Waals surface area contributed by atoms with Gasteiger partial charge in [-0.1, -0.05) is 20.3 Å². The van der Waals surface area contributed by atoms with Crippen LogP contribution in [0.15, 0.2) is 0 Å². The van der Waals surface area contributed by atoms with E-state index in [1.807, 2.05) is 0 Å². The van der Waals surface area contributed by atoms with Crippen molar-refractivity contribution in [3.63, 3.8) is 0 Å². The molecule has 0 bridgehead atoms. The molecule has 2 amide bonds. The first kappa shape index (κ1) is 14.8. The van der Waals surface area contributed by atoms with E-state index in [2.05, 4.69) is 5.32 Å². The molecule has 1 heterocycles. The molecule has 0 radical (unpaired) electrons. The lowest BCUT2D eigenvalue weighted by molar-refractivity contribution is -0.176. The lowest BCUT2D eigenvalue weighted by Gasteiger charge is -2.40. The second kappa shape index (κ2) is 5.16. The van der Waals surface area contributed by atoms with Crippen LogP contribution in [0, 0.1) is 5.92 Å². The van der Waals surface area contributed by atoms with Gasteiger partial charge in [-0.05, 0) is 12.8 Å². The summed E-state index contributed by atoms with van der Waals surface area (Å²) in [6, 6.07) is -1.94. The summed E-state index contributed by atoms with van der Waals surface area (Å²) in [6.45, 7) is 3.44. The second-order valence-corrected chi connectivity index (χ2v) is 4.64. The largest absolute Gasteiger partial charge is 0.406 e. The standard InChI is InChI=1S/C11H17F3N2O2/c1-4-6(2)8-9(17)15-7(3)10(18)16(8)5-11(12,13)14/h6-8H,4-5H2,1-3H3,(H,15,17). The van der Waals surface area contributed by atoms with Gasteiger partial charge in [-0.25, -0.2) is 0 Å². The molecule has 0 spiro atoms. The smallest absolute Gasteiger partial charge is 0.343 e. The molecule has 1 fully saturated rings. The molecule has 7 heteroatoms. The van der Waals surface area contributed by atoms with Crippen LogP contribution in [-0.4, -0.2) is 41.5 Å². The predicted octanol–water partition coefficient (Wildman–Crippen LogP) is 1.31. The third kappa shape index (κ3) is 3.14. The molecule has 0 aromatic rings. The van der Waals surface area contributed by atoms with Gasteiger partial charge in [0.2, 0.25) is 11.8 Å². The van der Waals surface area contributed by atoms with Crippen LogP contribution >= 0.6 is 0 Å². The van der Waals surface area contributed by atoms with Gasteiger partial charge in [0.15, 0.2) is 0 Å². The highest BCUT2D eigenvalue weighted by Crippen LogP contribution is 2.25. The summed E-state index contributed by atoms with van der Waals surface area (Å²) in [5.74, 6) is -1.51. The zero-order valence-corrected chi connectivity index (χ0v) is 10.5. The van der Waals surface area contributed by atoms with E-state index >= 15 is 0 Å². The Balaban J connectivity index is 3.01. The molecular weight excluding hydrogens is 249 g/mol. The van der Waals surface area contributed by atoms with Crippen LogP contribution in [0.4, 0.5) is 13.2 Å². The maximum absolute atomic E-state index is 12.5. The fourth-order valence-electron chi connectivity index (χ4n) is 2.05. The van der Waals surface area contributed by atoms with E-state index in [4.69, 9.17) is 0 Å². The number of hydrogen-bond acceptors (Lipinski definition) is 2. The number of nitrogens with zero attached hydrogens (tertiary/aromatic N) is 1. The molecule has 4 nitrogen and oxygen atoms in total. The van der Waals surface area contributed by atoms with Gasteiger partial charge >= 0.3 is 6.18 Å². The Morgan fingerprint density at radius 2 is 1.94 bits per heavy atom. The van der Waals surface area contributed by atoms with Crippen LogP contribution in [-0.2, 0) is 9.59 Å². The summed E-state index contributed by atoms with van der Waals surface area (Å²) in [5.41, 5.74) is 0. The van der Waals surface area contributed by atoms with E-state index < -0.39 is 36.6 Å². The molecule has 1 saturated heterocycles. The first-order valence-electron chi connectivity index (χ1n) is 5.85. The van der Waals surface area contributed by atoms with Crippen molar-refractivity contribution in [1.82, 2.24) is 10.2 Å². The Bertz CT molecular complexity index is 344. The first-order valence-corrected chi connectivity index (χ1v) is 5.85. The van der Waals surface area contributed by atoms with Crippen LogP contribution in [0.2, 0.25) is 0 Å². The van der Waals surface area contributed by atoms with E-state index in [1.165, 1.54) is 6.92 Å². The van der Waals surface area contributed by atoms with E-state index in [-0.39, 0.29) is 5.92 Å². The van der Waals surface area contributed by atoms with Crippen molar-refractivity contribution < 1.29 is 22.8 Å². The molecule has 18 heavy (non-hydrogen) atoms. The third-order valence-electron chi connectivity index (χ3n) is 3.15. The van der Waals surface area contributed by atoms with Crippen molar-refractivity contribution in [2.75, 3.05) is 6.54 Å². The third-order valence-corrected chi connectivity index (χ3v) is 3.15. The van der Waals surface area contributed by atoms with Crippen LogP contribution in [0.5, 0.6) is 0 Å². The average Bonchev–Trinajstić information content (AvgIpc) is 2.23. The van der Waals surface area contributed by atoms with E-state index in [9.17, 15) is 22.8 Å². The normalized spacial score (nSPS) is 27.1. The highest BCUT2D eigenvalue weighted by Gasteiger charge is 2.45. The SMILES string of the molecule is CCC(C)C1C(=O)NC(C)C(=O)N1CC(F)(F)F. The highest BCUT2D eigenvalue weighted by molar-refractivity contribution is 5.96. The van der Waals surface area contributed by atoms with Gasteiger partial charge in [0.25, 0.3) is 0 Å². The van der Waals surface area contributed by atoms with Crippen molar-refractivity contribution in [1.29, 1.82) is 0 Å². The lowest BCUT2D eigenvalue weighted by atomic mass is 9.93. The van der Waals surface area contributed by atoms with Crippen LogP contribution in [0.1, 0.15) is 27.2 Å². The van der Waals surface area contributed by atoms with Crippen molar-refractivity contribution >= 4 is 11.8 Å². The van der Waals surface area contributed by atoms with Gasteiger partial charge < -0.3 is 10.2 Å². The second-order valence-electron chi connectivity index (χ2n) is 4.64. The number of piperazine rings is 1. The molecule has 0 aromatic heterocycles. The zero-order chi connectivity index (χ0) is 14.1. The van der Waals surface area contributed by atoms with E-state index in [0.29, 0.717) is 11.3 Å². The molecule has 3 atom stereocenters. The fraction of sp³-hybridized carbons (Fsp3) is 0.818. The van der Waals surface area contributed by atoms with Gasteiger partial charge in [0.05, 0.1) is 0 Å². The summed E-state index contributed by atoms with van der Waals surface area (Å²) in [7, 11) is 0. The van der Waals surface area contributed by atoms with Crippen molar-refractivity contribution in [2.24, 2.45) is 5.92 Å². The maximum atomic E-state index is 12.5. The fourth-order valence-corrected chi connectivity index (χ4v) is 2.05. The number of carbonyl (C=O) groups excluding carboxylic acids is 2. The minimum Gasteiger partial charge on any atom is -0.343 e. The van der Waals surface area contributed by atoms with Crippen LogP contribution < -0.4 is 5.32 Å². The number of hydrogen-bond donors (Lipinski definition) is 1. The summed E-state index contributed by atoms with van der Waals surface area (Å²) < 4.78 is 37.4. The zero-order valence-electron chi connectivity index (χ0n) is 10.5. The molecule has 1 N–H and O–H groups in total. The summed E-state index contributed by atoms with van der Waals surface area (Å²) >= 11 is 0. The number of alkyl halides is 3. The lowest BCUT2D eigenvalue weighted by Crippen LogP contribution is -2.65. The molecule has 104 valence electrons. The number of amides is 2. The summed E-state index contributed by atoms with van der Waals surface area (Å²) in [6.07, 6.45) is -3.98. The topological polar surface area (TPSA) is 49.4 Å². The predicted molar refractivity (Wildman–Crippen MR) is 58.6 cm³/mol. The molecule has 0 aliphatic carbocycles.